The lowest BCUT2D eigenvalue weighted by molar-refractivity contribution is -0.0169. The number of piperidine rings is 1. The standard InChI is InChI=1S/C29H34N6O2.C28H33N5.C23H21N5O2/c1-28(2)17-22(18-29(3,4)34(28)5)33-27(37)19-6-8-21(9-7-19)32-23-10-11-24(35-15-14-31-26(23)35)20-12-13-30-25(36)16-20;1-20(2)31-15-17-32(18-16-31)25-9-7-24(8-10-25)30-26-11-12-27(33-14-13-29-28(26)33)23-6-5-21(3)22(4)19-23;29-21-14-16(10-11-24-21)20-9-8-19(22-25-12-13-28(20)22)26-18-6-4-15(5-7-18)23(30)27-17-2-1-3-17/h6-16,22,32H,17-18H2,1-5H3,(H,30,36)(H,33,37);5-14,19-20,30H,15-18H2,1-4H3;4-14,17,26H,1-3H2,(H,24,29)(H,27,30). The van der Waals surface area contributed by atoms with Gasteiger partial charge in [0.15, 0.2) is 16.9 Å². The molecule has 8 aromatic heterocycles. The van der Waals surface area contributed by atoms with Gasteiger partial charge in [-0.1, -0.05) is 12.1 Å². The van der Waals surface area contributed by atoms with Crippen molar-refractivity contribution < 1.29 is 9.59 Å². The van der Waals surface area contributed by atoms with E-state index in [-0.39, 0.29) is 40.1 Å². The molecule has 512 valence electrons. The third kappa shape index (κ3) is 15.0. The van der Waals surface area contributed by atoms with Crippen molar-refractivity contribution in [3.63, 3.8) is 0 Å². The van der Waals surface area contributed by atoms with E-state index < -0.39 is 0 Å². The van der Waals surface area contributed by atoms with E-state index in [2.05, 4.69) is 188 Å². The Morgan fingerprint density at radius 3 is 1.29 bits per heavy atom. The van der Waals surface area contributed by atoms with Crippen LogP contribution >= 0.6 is 0 Å². The molecule has 20 nitrogen and oxygen atoms in total. The number of piperazine rings is 1. The molecule has 15 rings (SSSR count). The second-order valence-corrected chi connectivity index (χ2v) is 28.0. The van der Waals surface area contributed by atoms with E-state index in [9.17, 15) is 19.2 Å². The average Bonchev–Trinajstić information content (AvgIpc) is 1.55. The van der Waals surface area contributed by atoms with Gasteiger partial charge in [-0.15, -0.1) is 0 Å². The SMILES string of the molecule is CN1C(C)(C)CC(NC(=O)c2ccc(Nc3ccc(-c4cc[nH]c(=O)c4)n4ccnc34)cc2)CC1(C)C.Cc1ccc(-c2ccc(Nc3ccc(N4CCN(C(C)C)CC4)cc3)c3nccn23)cc1C.O=C(NC1CCC1)c1ccc(Nc2ccc(-c3cc[nH]c(=O)c3)n3ccnc23)cc1. The van der Waals surface area contributed by atoms with Gasteiger partial charge >= 0.3 is 0 Å². The number of imidazole rings is 3. The van der Waals surface area contributed by atoms with Crippen LogP contribution in [-0.4, -0.2) is 122 Å². The largest absolute Gasteiger partial charge is 0.369 e. The summed E-state index contributed by atoms with van der Waals surface area (Å²) in [4.78, 5) is 75.1. The van der Waals surface area contributed by atoms with Crippen LogP contribution in [0.1, 0.15) is 105 Å². The van der Waals surface area contributed by atoms with Crippen LogP contribution in [-0.2, 0) is 0 Å². The minimum Gasteiger partial charge on any atom is -0.369 e. The minimum absolute atomic E-state index is 0.0113. The molecule has 0 radical (unpaired) electrons. The third-order valence-corrected chi connectivity index (χ3v) is 20.1. The Morgan fingerprint density at radius 1 is 0.490 bits per heavy atom. The van der Waals surface area contributed by atoms with Gasteiger partial charge in [0.2, 0.25) is 11.1 Å². The van der Waals surface area contributed by atoms with Gasteiger partial charge in [0.1, 0.15) is 0 Å². The Morgan fingerprint density at radius 2 is 0.900 bits per heavy atom. The number of carbonyl (C=O) groups excluding carboxylic acids is 2. The summed E-state index contributed by atoms with van der Waals surface area (Å²) in [5, 5.41) is 16.7. The van der Waals surface area contributed by atoms with Crippen molar-refractivity contribution in [1.29, 1.82) is 0 Å². The fourth-order valence-electron chi connectivity index (χ4n) is 13.8. The lowest BCUT2D eigenvalue weighted by Gasteiger charge is -2.53. The number of carbonyl (C=O) groups is 2. The van der Waals surface area contributed by atoms with Gasteiger partial charge < -0.3 is 41.5 Å². The highest BCUT2D eigenvalue weighted by Crippen LogP contribution is 2.38. The fourth-order valence-corrected chi connectivity index (χ4v) is 13.8. The fraction of sp³-hybridized carbons (Fsp3) is 0.287. The molecule has 4 aromatic carbocycles. The predicted octanol–water partition coefficient (Wildman–Crippen LogP) is 14.4. The first kappa shape index (κ1) is 67.5. The Bertz CT molecular complexity index is 4990. The number of aryl methyl sites for hydroxylation is 2. The van der Waals surface area contributed by atoms with Crippen molar-refractivity contribution in [1.82, 2.24) is 58.6 Å². The maximum atomic E-state index is 13.0. The summed E-state index contributed by atoms with van der Waals surface area (Å²) in [6.07, 6.45) is 19.5. The first-order valence-electron chi connectivity index (χ1n) is 34.5. The Kier molecular flexibility index (Phi) is 19.4. The van der Waals surface area contributed by atoms with E-state index in [4.69, 9.17) is 0 Å². The third-order valence-electron chi connectivity index (χ3n) is 20.1. The number of nitrogens with zero attached hydrogens (tertiary/aromatic N) is 9. The summed E-state index contributed by atoms with van der Waals surface area (Å²) >= 11 is 0. The van der Waals surface area contributed by atoms with Crippen LogP contribution in [0.5, 0.6) is 0 Å². The number of nitrogens with one attached hydrogen (secondary N) is 7. The van der Waals surface area contributed by atoms with Crippen LogP contribution < -0.4 is 42.6 Å². The topological polar surface area (TPSA) is 222 Å². The quantitative estimate of drug-likeness (QED) is 0.0508. The molecule has 2 saturated heterocycles. The molecule has 12 aromatic rings. The number of fused-ring (bicyclic) bond motifs is 3. The van der Waals surface area contributed by atoms with Crippen molar-refractivity contribution in [3.8, 4) is 33.8 Å². The molecule has 3 aliphatic rings. The minimum atomic E-state index is -0.152. The number of pyridine rings is 5. The number of H-pyrrole nitrogens is 2. The van der Waals surface area contributed by atoms with Gasteiger partial charge in [0, 0.05) is 162 Å². The van der Waals surface area contributed by atoms with Gasteiger partial charge in [-0.2, -0.15) is 0 Å². The predicted molar refractivity (Wildman–Crippen MR) is 402 cm³/mol. The normalized spacial score (nSPS) is 15.5. The van der Waals surface area contributed by atoms with E-state index in [1.807, 2.05) is 119 Å². The zero-order chi connectivity index (χ0) is 69.8. The van der Waals surface area contributed by atoms with E-state index in [1.54, 1.807) is 36.9 Å². The van der Waals surface area contributed by atoms with Gasteiger partial charge in [-0.25, -0.2) is 15.0 Å². The summed E-state index contributed by atoms with van der Waals surface area (Å²) < 4.78 is 6.05. The summed E-state index contributed by atoms with van der Waals surface area (Å²) in [6.45, 7) is 22.2. The van der Waals surface area contributed by atoms with Crippen molar-refractivity contribution >= 4 is 68.6 Å². The number of anilines is 7. The maximum absolute atomic E-state index is 13.0. The first-order valence-corrected chi connectivity index (χ1v) is 34.5. The molecule has 7 N–H and O–H groups in total. The van der Waals surface area contributed by atoms with Gasteiger partial charge in [0.25, 0.3) is 11.8 Å². The number of hydrogen-bond acceptors (Lipinski definition) is 13. The number of benzene rings is 4. The molecule has 2 amide bonds. The van der Waals surface area contributed by atoms with Gasteiger partial charge in [-0.05, 0) is 239 Å². The van der Waals surface area contributed by atoms with Crippen LogP contribution in [0.4, 0.5) is 39.8 Å². The zero-order valence-corrected chi connectivity index (χ0v) is 58.3. The molecule has 20 heteroatoms. The number of aromatic amines is 2. The molecule has 1 saturated carbocycles. The van der Waals surface area contributed by atoms with E-state index >= 15 is 0 Å². The van der Waals surface area contributed by atoms with Crippen LogP contribution in [0.3, 0.4) is 0 Å². The van der Waals surface area contributed by atoms with Crippen LogP contribution in [0, 0.1) is 13.8 Å². The molecule has 0 atom stereocenters. The molecule has 0 unspecified atom stereocenters. The Hall–Kier alpha value is -11.1. The molecule has 10 heterocycles. The van der Waals surface area contributed by atoms with Crippen molar-refractivity contribution in [3.05, 3.63) is 244 Å². The monoisotopic (exact) mass is 1340 g/mol. The van der Waals surface area contributed by atoms with E-state index in [1.165, 1.54) is 28.8 Å². The van der Waals surface area contributed by atoms with Crippen molar-refractivity contribution in [2.75, 3.05) is 54.1 Å². The van der Waals surface area contributed by atoms with Gasteiger partial charge in [-0.3, -0.25) is 42.2 Å². The summed E-state index contributed by atoms with van der Waals surface area (Å²) in [5.41, 5.74) is 18.5. The lowest BCUT2D eigenvalue weighted by Crippen LogP contribution is -2.62. The molecule has 0 bridgehead atoms. The number of aromatic nitrogens is 8. The highest BCUT2D eigenvalue weighted by molar-refractivity contribution is 5.96. The summed E-state index contributed by atoms with van der Waals surface area (Å²) in [7, 11) is 2.16. The molecule has 100 heavy (non-hydrogen) atoms. The summed E-state index contributed by atoms with van der Waals surface area (Å²) in [5.74, 6) is -0.0744. The number of hydrogen-bond donors (Lipinski definition) is 7. The molecular weight excluding hydrogens is 1250 g/mol. The van der Waals surface area contributed by atoms with Crippen LogP contribution in [0.2, 0.25) is 0 Å². The molecular formula is C80H88N16O4. The average molecular weight is 1340 g/mol. The highest BCUT2D eigenvalue weighted by Gasteiger charge is 2.43. The van der Waals surface area contributed by atoms with E-state index in [0.717, 1.165) is 131 Å². The molecule has 3 fully saturated rings. The molecule has 1 aliphatic carbocycles. The smallest absolute Gasteiger partial charge is 0.251 e. The second kappa shape index (κ2) is 28.8. The van der Waals surface area contributed by atoms with Crippen molar-refractivity contribution in [2.24, 2.45) is 0 Å². The van der Waals surface area contributed by atoms with E-state index in [0.29, 0.717) is 23.2 Å². The number of rotatable bonds is 15. The highest BCUT2D eigenvalue weighted by atomic mass is 16.2. The summed E-state index contributed by atoms with van der Waals surface area (Å²) in [6, 6.07) is 50.3. The second-order valence-electron chi connectivity index (χ2n) is 28.0. The van der Waals surface area contributed by atoms with Crippen LogP contribution in [0.15, 0.2) is 211 Å². The number of likely N-dealkylation sites (tertiary alicyclic amines) is 1. The first-order chi connectivity index (χ1) is 48.2. The number of amides is 2. The van der Waals surface area contributed by atoms with Crippen LogP contribution in [0.25, 0.3) is 50.7 Å². The zero-order valence-electron chi connectivity index (χ0n) is 58.3. The Labute approximate surface area is 582 Å². The van der Waals surface area contributed by atoms with Gasteiger partial charge in [0.05, 0.1) is 34.1 Å². The molecule has 2 aliphatic heterocycles. The maximum Gasteiger partial charge on any atom is 0.251 e. The Balaban J connectivity index is 0.000000135. The lowest BCUT2D eigenvalue weighted by atomic mass is 9.77. The molecule has 0 spiro atoms. The van der Waals surface area contributed by atoms with Crippen molar-refractivity contribution in [2.45, 2.75) is 117 Å².